The lowest BCUT2D eigenvalue weighted by molar-refractivity contribution is -0.139. The fourth-order valence-corrected chi connectivity index (χ4v) is 3.54. The standard InChI is InChI=1S/C17H20N4O4/c22-17(23)11-25-15-4-2-1-3-12(15)8-20-6-5-16-14(9-20)21-13(10-24-16)7-18-19-21/h1-4,7,14,16H,5-6,8-11H2,(H,22,23)/t14-,16-/m0/s1. The Balaban J connectivity index is 1.47. The summed E-state index contributed by atoms with van der Waals surface area (Å²) >= 11 is 0. The van der Waals surface area contributed by atoms with E-state index in [2.05, 4.69) is 15.2 Å². The summed E-state index contributed by atoms with van der Waals surface area (Å²) in [7, 11) is 0. The number of piperidine rings is 1. The van der Waals surface area contributed by atoms with Crippen molar-refractivity contribution in [1.29, 1.82) is 0 Å². The van der Waals surface area contributed by atoms with E-state index in [0.29, 0.717) is 18.9 Å². The van der Waals surface area contributed by atoms with Crippen molar-refractivity contribution < 1.29 is 19.4 Å². The Labute approximate surface area is 144 Å². The Morgan fingerprint density at radius 1 is 1.40 bits per heavy atom. The quantitative estimate of drug-likeness (QED) is 0.868. The molecule has 2 atom stereocenters. The molecule has 0 aliphatic carbocycles. The second-order valence-electron chi connectivity index (χ2n) is 6.40. The molecule has 1 N–H and O–H groups in total. The van der Waals surface area contributed by atoms with Crippen LogP contribution in [-0.2, 0) is 22.7 Å². The number of carboxylic acid groups (broad SMARTS) is 1. The summed E-state index contributed by atoms with van der Waals surface area (Å²) in [6.45, 7) is 2.66. The summed E-state index contributed by atoms with van der Waals surface area (Å²) < 4.78 is 13.3. The zero-order chi connectivity index (χ0) is 17.2. The molecule has 1 saturated heterocycles. The Hall–Kier alpha value is -2.45. The van der Waals surface area contributed by atoms with E-state index in [-0.39, 0.29) is 18.8 Å². The molecule has 132 valence electrons. The van der Waals surface area contributed by atoms with Crippen molar-refractivity contribution in [1.82, 2.24) is 19.9 Å². The summed E-state index contributed by atoms with van der Waals surface area (Å²) in [5, 5.41) is 17.0. The van der Waals surface area contributed by atoms with Crippen LogP contribution < -0.4 is 4.74 Å². The summed E-state index contributed by atoms with van der Waals surface area (Å²) in [5.41, 5.74) is 1.99. The topological polar surface area (TPSA) is 89.7 Å². The van der Waals surface area contributed by atoms with Gasteiger partial charge in [0, 0.05) is 25.2 Å². The Morgan fingerprint density at radius 2 is 2.28 bits per heavy atom. The number of benzene rings is 1. The maximum Gasteiger partial charge on any atom is 0.341 e. The van der Waals surface area contributed by atoms with Gasteiger partial charge in [-0.3, -0.25) is 4.90 Å². The highest BCUT2D eigenvalue weighted by molar-refractivity contribution is 5.68. The van der Waals surface area contributed by atoms with Gasteiger partial charge in [-0.05, 0) is 12.5 Å². The zero-order valence-corrected chi connectivity index (χ0v) is 13.7. The smallest absolute Gasteiger partial charge is 0.341 e. The number of ether oxygens (including phenoxy) is 2. The summed E-state index contributed by atoms with van der Waals surface area (Å²) in [5.74, 6) is -0.359. The second-order valence-corrected chi connectivity index (χ2v) is 6.40. The Bertz CT molecular complexity index is 763. The van der Waals surface area contributed by atoms with Crippen LogP contribution >= 0.6 is 0 Å². The van der Waals surface area contributed by atoms with Crippen LogP contribution in [0.25, 0.3) is 0 Å². The van der Waals surface area contributed by atoms with Gasteiger partial charge in [-0.25, -0.2) is 9.48 Å². The van der Waals surface area contributed by atoms with Crippen molar-refractivity contribution in [3.8, 4) is 5.75 Å². The van der Waals surface area contributed by atoms with E-state index >= 15 is 0 Å². The average molecular weight is 344 g/mol. The number of nitrogens with zero attached hydrogens (tertiary/aromatic N) is 4. The molecule has 2 aromatic rings. The maximum absolute atomic E-state index is 10.8. The first kappa shape index (κ1) is 16.0. The van der Waals surface area contributed by atoms with Crippen LogP contribution in [0.3, 0.4) is 0 Å². The lowest BCUT2D eigenvalue weighted by Gasteiger charge is -2.41. The lowest BCUT2D eigenvalue weighted by Crippen LogP contribution is -2.47. The molecule has 0 amide bonds. The van der Waals surface area contributed by atoms with E-state index < -0.39 is 5.97 Å². The molecule has 0 unspecified atom stereocenters. The molecule has 4 rings (SSSR count). The van der Waals surface area contributed by atoms with E-state index in [1.807, 2.05) is 28.9 Å². The highest BCUT2D eigenvalue weighted by atomic mass is 16.5. The highest BCUT2D eigenvalue weighted by Crippen LogP contribution is 2.31. The molecule has 8 heteroatoms. The lowest BCUT2D eigenvalue weighted by atomic mass is 9.99. The summed E-state index contributed by atoms with van der Waals surface area (Å²) in [4.78, 5) is 13.1. The number of rotatable bonds is 5. The number of hydrogen-bond acceptors (Lipinski definition) is 6. The molecule has 0 radical (unpaired) electrons. The largest absolute Gasteiger partial charge is 0.482 e. The third-order valence-corrected chi connectivity index (χ3v) is 4.73. The highest BCUT2D eigenvalue weighted by Gasteiger charge is 2.36. The van der Waals surface area contributed by atoms with Gasteiger partial charge in [0.1, 0.15) is 5.75 Å². The van der Waals surface area contributed by atoms with Crippen LogP contribution in [0.2, 0.25) is 0 Å². The molecule has 1 aromatic carbocycles. The summed E-state index contributed by atoms with van der Waals surface area (Å²) in [6.07, 6.45) is 2.86. The van der Waals surface area contributed by atoms with E-state index in [9.17, 15) is 4.79 Å². The fourth-order valence-electron chi connectivity index (χ4n) is 3.54. The minimum atomic E-state index is -0.978. The van der Waals surface area contributed by atoms with Gasteiger partial charge in [-0.1, -0.05) is 23.4 Å². The minimum Gasteiger partial charge on any atom is -0.482 e. The summed E-state index contributed by atoms with van der Waals surface area (Å²) in [6, 6.07) is 7.73. The van der Waals surface area contributed by atoms with Crippen LogP contribution in [0.15, 0.2) is 30.5 Å². The molecule has 0 bridgehead atoms. The van der Waals surface area contributed by atoms with E-state index in [1.54, 1.807) is 6.20 Å². The van der Waals surface area contributed by atoms with Gasteiger partial charge in [0.05, 0.1) is 30.6 Å². The molecule has 8 nitrogen and oxygen atoms in total. The fraction of sp³-hybridized carbons (Fsp3) is 0.471. The Morgan fingerprint density at radius 3 is 3.16 bits per heavy atom. The molecule has 0 saturated carbocycles. The van der Waals surface area contributed by atoms with Gasteiger partial charge < -0.3 is 14.6 Å². The predicted octanol–water partition coefficient (Wildman–Crippen LogP) is 1.09. The number of fused-ring (bicyclic) bond motifs is 3. The van der Waals surface area contributed by atoms with Gasteiger partial charge in [-0.15, -0.1) is 5.10 Å². The van der Waals surface area contributed by atoms with Crippen molar-refractivity contribution >= 4 is 5.97 Å². The molecule has 1 aromatic heterocycles. The minimum absolute atomic E-state index is 0.159. The van der Waals surface area contributed by atoms with Crippen LogP contribution in [0.4, 0.5) is 0 Å². The number of aliphatic carboxylic acids is 1. The van der Waals surface area contributed by atoms with Gasteiger partial charge in [0.25, 0.3) is 0 Å². The van der Waals surface area contributed by atoms with Gasteiger partial charge in [0.15, 0.2) is 6.61 Å². The van der Waals surface area contributed by atoms with E-state index in [1.165, 1.54) is 0 Å². The maximum atomic E-state index is 10.8. The first-order valence-electron chi connectivity index (χ1n) is 8.36. The van der Waals surface area contributed by atoms with Crippen molar-refractivity contribution in [3.63, 3.8) is 0 Å². The van der Waals surface area contributed by atoms with Gasteiger partial charge in [0.2, 0.25) is 0 Å². The van der Waals surface area contributed by atoms with E-state index in [4.69, 9.17) is 14.6 Å². The third kappa shape index (κ3) is 3.35. The number of para-hydroxylation sites is 1. The number of carbonyl (C=O) groups is 1. The van der Waals surface area contributed by atoms with Crippen molar-refractivity contribution in [2.45, 2.75) is 31.7 Å². The van der Waals surface area contributed by atoms with E-state index in [0.717, 1.165) is 30.8 Å². The van der Waals surface area contributed by atoms with Crippen LogP contribution in [0, 0.1) is 0 Å². The Kier molecular flexibility index (Phi) is 4.37. The number of likely N-dealkylation sites (tertiary alicyclic amines) is 1. The molecular weight excluding hydrogens is 324 g/mol. The number of hydrogen-bond donors (Lipinski definition) is 1. The normalized spacial score (nSPS) is 22.9. The average Bonchev–Trinajstić information content (AvgIpc) is 3.10. The van der Waals surface area contributed by atoms with Crippen molar-refractivity contribution in [2.75, 3.05) is 19.7 Å². The first-order valence-corrected chi connectivity index (χ1v) is 8.36. The molecule has 3 heterocycles. The monoisotopic (exact) mass is 344 g/mol. The molecule has 0 spiro atoms. The van der Waals surface area contributed by atoms with Gasteiger partial charge in [-0.2, -0.15) is 0 Å². The van der Waals surface area contributed by atoms with Crippen molar-refractivity contribution in [2.24, 2.45) is 0 Å². The molecule has 2 aliphatic heterocycles. The van der Waals surface area contributed by atoms with Crippen LogP contribution in [0.5, 0.6) is 5.75 Å². The van der Waals surface area contributed by atoms with Crippen LogP contribution in [0.1, 0.15) is 23.7 Å². The van der Waals surface area contributed by atoms with Crippen LogP contribution in [-0.4, -0.2) is 56.8 Å². The molecule has 1 fully saturated rings. The second kappa shape index (κ2) is 6.81. The molecule has 25 heavy (non-hydrogen) atoms. The number of aromatic nitrogens is 3. The first-order chi connectivity index (χ1) is 12.2. The zero-order valence-electron chi connectivity index (χ0n) is 13.7. The molecule has 2 aliphatic rings. The SMILES string of the molecule is O=C(O)COc1ccccc1CN1CC[C@@H]2OCc3cnnn3[C@H]2C1. The third-order valence-electron chi connectivity index (χ3n) is 4.73. The number of carboxylic acids is 1. The van der Waals surface area contributed by atoms with Crippen molar-refractivity contribution in [3.05, 3.63) is 41.7 Å². The molecular formula is C17H20N4O4. The van der Waals surface area contributed by atoms with Gasteiger partial charge >= 0.3 is 5.97 Å². The predicted molar refractivity (Wildman–Crippen MR) is 87.1 cm³/mol.